The van der Waals surface area contributed by atoms with Crippen LogP contribution in [0.25, 0.3) is 11.0 Å². The van der Waals surface area contributed by atoms with Crippen LogP contribution in [0.1, 0.15) is 37.6 Å². The fourth-order valence-electron chi connectivity index (χ4n) is 3.01. The lowest BCUT2D eigenvalue weighted by molar-refractivity contribution is -0.119. The molecule has 0 fully saturated rings. The van der Waals surface area contributed by atoms with Crippen molar-refractivity contribution in [2.75, 3.05) is 5.75 Å². The summed E-state index contributed by atoms with van der Waals surface area (Å²) in [5.41, 5.74) is 1.45. The largest absolute Gasteiger partial charge is 0.348 e. The molecule has 0 unspecified atom stereocenters. The van der Waals surface area contributed by atoms with Gasteiger partial charge in [0, 0.05) is 11.4 Å². The molecule has 0 radical (unpaired) electrons. The molecule has 0 bridgehead atoms. The zero-order valence-electron chi connectivity index (χ0n) is 15.5. The monoisotopic (exact) mass is 401 g/mol. The summed E-state index contributed by atoms with van der Waals surface area (Å²) in [5, 5.41) is 5.48. The van der Waals surface area contributed by atoms with E-state index in [2.05, 4.69) is 17.2 Å². The first kappa shape index (κ1) is 19.6. The van der Waals surface area contributed by atoms with Crippen LogP contribution in [0.4, 0.5) is 0 Å². The molecule has 1 N–H and O–H groups in total. The van der Waals surface area contributed by atoms with Gasteiger partial charge in [0.15, 0.2) is 5.03 Å². The van der Waals surface area contributed by atoms with Crippen LogP contribution in [0.5, 0.6) is 0 Å². The smallest absolute Gasteiger partial charge is 0.283 e. The van der Waals surface area contributed by atoms with Crippen molar-refractivity contribution in [2.24, 2.45) is 0 Å². The highest BCUT2D eigenvalue weighted by Crippen LogP contribution is 2.24. The molecule has 3 rings (SSSR count). The number of hydrogen-bond donors (Lipinski definition) is 1. The number of thioether (sulfide) groups is 1. The molecule has 3 aromatic rings. The lowest BCUT2D eigenvalue weighted by atomic mass is 10.1. The highest BCUT2D eigenvalue weighted by Gasteiger charge is 2.17. The maximum Gasteiger partial charge on any atom is 0.283 e. The van der Waals surface area contributed by atoms with E-state index in [1.807, 2.05) is 48.7 Å². The van der Waals surface area contributed by atoms with Crippen LogP contribution in [0, 0.1) is 0 Å². The Morgan fingerprint density at radius 2 is 2.07 bits per heavy atom. The average Bonchev–Trinajstić information content (AvgIpc) is 3.21. The second-order valence-electron chi connectivity index (χ2n) is 6.17. The molecule has 0 aliphatic heterocycles. The van der Waals surface area contributed by atoms with Gasteiger partial charge in [-0.05, 0) is 36.9 Å². The third kappa shape index (κ3) is 4.59. The van der Waals surface area contributed by atoms with E-state index in [1.165, 1.54) is 11.8 Å². The second-order valence-corrected chi connectivity index (χ2v) is 8.11. The van der Waals surface area contributed by atoms with E-state index in [0.717, 1.165) is 28.8 Å². The quantitative estimate of drug-likeness (QED) is 0.574. The zero-order chi connectivity index (χ0) is 19.2. The molecule has 1 amide bonds. The summed E-state index contributed by atoms with van der Waals surface area (Å²) >= 11 is 2.85. The molecular weight excluding hydrogens is 378 g/mol. The number of carbonyl (C=O) groups is 1. The van der Waals surface area contributed by atoms with Crippen LogP contribution in [0.15, 0.2) is 51.6 Å². The number of amides is 1. The Morgan fingerprint density at radius 1 is 1.26 bits per heavy atom. The molecule has 2 heterocycles. The molecule has 0 aliphatic carbocycles. The van der Waals surface area contributed by atoms with Gasteiger partial charge in [-0.3, -0.25) is 9.59 Å². The number of aryl methyl sites for hydroxylation is 1. The Morgan fingerprint density at radius 3 is 2.78 bits per heavy atom. The van der Waals surface area contributed by atoms with Crippen molar-refractivity contribution in [3.8, 4) is 0 Å². The van der Waals surface area contributed by atoms with E-state index in [4.69, 9.17) is 0 Å². The van der Waals surface area contributed by atoms with Crippen LogP contribution in [0.2, 0.25) is 0 Å². The van der Waals surface area contributed by atoms with Gasteiger partial charge in [-0.2, -0.15) is 0 Å². The molecule has 0 spiro atoms. The van der Waals surface area contributed by atoms with E-state index in [0.29, 0.717) is 11.6 Å². The minimum atomic E-state index is -0.141. The Balaban J connectivity index is 1.73. The third-order valence-electron chi connectivity index (χ3n) is 4.28. The summed E-state index contributed by atoms with van der Waals surface area (Å²) in [6.07, 6.45) is 1.89. The van der Waals surface area contributed by atoms with Crippen LogP contribution in [-0.4, -0.2) is 21.2 Å². The van der Waals surface area contributed by atoms with Gasteiger partial charge in [-0.1, -0.05) is 43.3 Å². The molecule has 1 aromatic carbocycles. The lowest BCUT2D eigenvalue weighted by Crippen LogP contribution is -2.30. The molecule has 0 saturated carbocycles. The number of fused-ring (bicyclic) bond motifs is 1. The minimum Gasteiger partial charge on any atom is -0.348 e. The average molecular weight is 402 g/mol. The van der Waals surface area contributed by atoms with Gasteiger partial charge in [0.05, 0.1) is 22.8 Å². The van der Waals surface area contributed by atoms with Gasteiger partial charge in [-0.25, -0.2) is 4.98 Å². The molecular formula is C20H23N3O2S2. The van der Waals surface area contributed by atoms with E-state index in [-0.39, 0.29) is 23.3 Å². The van der Waals surface area contributed by atoms with Crippen LogP contribution < -0.4 is 10.9 Å². The third-order valence-corrected chi connectivity index (χ3v) is 6.21. The molecule has 2 aromatic heterocycles. The maximum absolute atomic E-state index is 12.7. The fourth-order valence-corrected chi connectivity index (χ4v) is 4.57. The number of carbonyl (C=O) groups excluding carboxylic acids is 1. The number of benzene rings is 1. The van der Waals surface area contributed by atoms with Gasteiger partial charge in [0.25, 0.3) is 5.56 Å². The predicted molar refractivity (Wildman–Crippen MR) is 113 cm³/mol. The van der Waals surface area contributed by atoms with Crippen molar-refractivity contribution < 1.29 is 4.79 Å². The fraction of sp³-hybridized carbons (Fsp3) is 0.350. The molecule has 0 saturated heterocycles. The summed E-state index contributed by atoms with van der Waals surface area (Å²) in [5.74, 6) is 0.0971. The summed E-state index contributed by atoms with van der Waals surface area (Å²) in [6.45, 7) is 4.61. The summed E-state index contributed by atoms with van der Waals surface area (Å²) in [7, 11) is 0. The Hall–Kier alpha value is -2.12. The van der Waals surface area contributed by atoms with Crippen molar-refractivity contribution in [3.05, 3.63) is 57.0 Å². The Kier molecular flexibility index (Phi) is 6.68. The number of aromatic nitrogens is 2. The standard InChI is InChI=1S/C20H23N3O2S2/c1-3-8-15(17-11-7-12-26-17)21-18(24)13-27-19-20(25)23(4-2)16-10-6-5-9-14(16)22-19/h5-7,9-12,15H,3-4,8,13H2,1-2H3,(H,21,24)/t15-/m1/s1. The first-order valence-electron chi connectivity index (χ1n) is 9.09. The SMILES string of the molecule is CCC[C@@H](NC(=O)CSc1nc2ccccc2n(CC)c1=O)c1cccs1. The molecule has 1 atom stereocenters. The number of thiophene rings is 1. The number of para-hydroxylation sites is 2. The van der Waals surface area contributed by atoms with Crippen molar-refractivity contribution in [1.82, 2.24) is 14.9 Å². The van der Waals surface area contributed by atoms with E-state index in [1.54, 1.807) is 15.9 Å². The molecule has 0 aliphatic rings. The number of rotatable bonds is 8. The molecule has 27 heavy (non-hydrogen) atoms. The lowest BCUT2D eigenvalue weighted by Gasteiger charge is -2.16. The normalized spacial score (nSPS) is 12.2. The van der Waals surface area contributed by atoms with Crippen molar-refractivity contribution in [3.63, 3.8) is 0 Å². The summed E-state index contributed by atoms with van der Waals surface area (Å²) < 4.78 is 1.70. The summed E-state index contributed by atoms with van der Waals surface area (Å²) in [6, 6.07) is 11.6. The van der Waals surface area contributed by atoms with E-state index in [9.17, 15) is 9.59 Å². The Labute approximate surface area is 166 Å². The molecule has 142 valence electrons. The van der Waals surface area contributed by atoms with Gasteiger partial charge in [-0.15, -0.1) is 11.3 Å². The van der Waals surface area contributed by atoms with Crippen LogP contribution in [-0.2, 0) is 11.3 Å². The van der Waals surface area contributed by atoms with Crippen LogP contribution in [0.3, 0.4) is 0 Å². The maximum atomic E-state index is 12.7. The second kappa shape index (κ2) is 9.19. The van der Waals surface area contributed by atoms with Crippen LogP contribution >= 0.6 is 23.1 Å². The van der Waals surface area contributed by atoms with Gasteiger partial charge >= 0.3 is 0 Å². The topological polar surface area (TPSA) is 64.0 Å². The highest BCUT2D eigenvalue weighted by molar-refractivity contribution is 7.99. The van der Waals surface area contributed by atoms with Crippen molar-refractivity contribution in [1.29, 1.82) is 0 Å². The highest BCUT2D eigenvalue weighted by atomic mass is 32.2. The first-order chi connectivity index (χ1) is 13.1. The Bertz CT molecular complexity index is 967. The zero-order valence-corrected chi connectivity index (χ0v) is 17.1. The van der Waals surface area contributed by atoms with Crippen molar-refractivity contribution in [2.45, 2.75) is 44.3 Å². The summed E-state index contributed by atoms with van der Waals surface area (Å²) in [4.78, 5) is 30.8. The molecule has 7 heteroatoms. The predicted octanol–water partition coefficient (Wildman–Crippen LogP) is 4.23. The van der Waals surface area contributed by atoms with Crippen molar-refractivity contribution >= 4 is 40.0 Å². The molecule has 5 nitrogen and oxygen atoms in total. The number of nitrogens with zero attached hydrogens (tertiary/aromatic N) is 2. The van der Waals surface area contributed by atoms with Gasteiger partial charge < -0.3 is 9.88 Å². The van der Waals surface area contributed by atoms with Gasteiger partial charge in [0.1, 0.15) is 0 Å². The minimum absolute atomic E-state index is 0.0277. The van der Waals surface area contributed by atoms with Gasteiger partial charge in [0.2, 0.25) is 5.91 Å². The first-order valence-corrected chi connectivity index (χ1v) is 11.0. The van der Waals surface area contributed by atoms with E-state index >= 15 is 0 Å². The van der Waals surface area contributed by atoms with E-state index < -0.39 is 0 Å². The number of hydrogen-bond acceptors (Lipinski definition) is 5. The number of nitrogens with one attached hydrogen (secondary N) is 1.